The fraction of sp³-hybridized carbons (Fsp3) is 0.318. The van der Waals surface area contributed by atoms with E-state index >= 15 is 0 Å². The molecule has 1 aliphatic carbocycles. The molecule has 8 heteroatoms. The first-order valence-electron chi connectivity index (χ1n) is 9.75. The molecular weight excluding hydrogens is 392 g/mol. The number of nitrogens with zero attached hydrogens (tertiary/aromatic N) is 1. The van der Waals surface area contributed by atoms with E-state index in [0.29, 0.717) is 24.9 Å². The topological polar surface area (TPSA) is 83.1 Å². The van der Waals surface area contributed by atoms with Crippen LogP contribution in [0.25, 0.3) is 0 Å². The van der Waals surface area contributed by atoms with Gasteiger partial charge in [-0.2, -0.15) is 0 Å². The summed E-state index contributed by atoms with van der Waals surface area (Å²) in [6.45, 7) is 0.501. The normalized spacial score (nSPS) is 20.0. The van der Waals surface area contributed by atoms with Crippen molar-refractivity contribution in [2.45, 2.75) is 31.3 Å². The van der Waals surface area contributed by atoms with Crippen LogP contribution in [0.5, 0.6) is 0 Å². The number of hydrogen-bond donors (Lipinski definition) is 2. The first kappa shape index (κ1) is 20.2. The van der Waals surface area contributed by atoms with Gasteiger partial charge < -0.3 is 10.2 Å². The largest absolute Gasteiger partial charge is 0.336 e. The number of nitrogens with two attached hydrogens (primary N) is 1. The zero-order valence-corrected chi connectivity index (χ0v) is 16.5. The number of Topliss-reactive ketones (excluding diaryl/α,β-unsaturated/α-hetero) is 1. The molecule has 156 valence electrons. The van der Waals surface area contributed by atoms with Gasteiger partial charge in [0, 0.05) is 37.9 Å². The maximum absolute atomic E-state index is 13.2. The Morgan fingerprint density at radius 1 is 1.07 bits per heavy atom. The summed E-state index contributed by atoms with van der Waals surface area (Å²) in [7, 11) is 1.62. The van der Waals surface area contributed by atoms with Crippen LogP contribution in [0.4, 0.5) is 13.6 Å². The summed E-state index contributed by atoms with van der Waals surface area (Å²) in [5.74, 6) is -1.56. The van der Waals surface area contributed by atoms with E-state index in [2.05, 4.69) is 5.32 Å². The number of fused-ring (bicyclic) bond motifs is 1. The molecule has 6 nitrogen and oxygen atoms in total. The summed E-state index contributed by atoms with van der Waals surface area (Å²) in [5, 5.41) is 4.08. The molecule has 0 bridgehead atoms. The summed E-state index contributed by atoms with van der Waals surface area (Å²) in [4.78, 5) is 38.0. The third kappa shape index (κ3) is 3.70. The highest BCUT2D eigenvalue weighted by molar-refractivity contribution is 6.07. The number of amides is 3. The molecule has 4 rings (SSSR count). The summed E-state index contributed by atoms with van der Waals surface area (Å²) in [6, 6.07) is 8.63. The average Bonchev–Trinajstić information content (AvgIpc) is 3.14. The molecular formula is C22H22F2N3O3+. The highest BCUT2D eigenvalue weighted by Gasteiger charge is 2.54. The van der Waals surface area contributed by atoms with Crippen molar-refractivity contribution in [2.24, 2.45) is 0 Å². The molecule has 3 N–H and O–H groups in total. The Morgan fingerprint density at radius 2 is 1.77 bits per heavy atom. The van der Waals surface area contributed by atoms with E-state index in [0.717, 1.165) is 22.8 Å². The molecule has 0 saturated carbocycles. The van der Waals surface area contributed by atoms with Crippen molar-refractivity contribution in [3.63, 3.8) is 0 Å². The quantitative estimate of drug-likeness (QED) is 0.688. The fourth-order valence-electron chi connectivity index (χ4n) is 4.29. The Bertz CT molecular complexity index is 1040. The molecule has 0 unspecified atom stereocenters. The molecule has 0 aromatic heterocycles. The number of urea groups is 1. The molecule has 1 aliphatic heterocycles. The van der Waals surface area contributed by atoms with E-state index < -0.39 is 23.2 Å². The lowest BCUT2D eigenvalue weighted by Crippen LogP contribution is -2.84. The number of imide groups is 1. The molecule has 2 aromatic rings. The van der Waals surface area contributed by atoms with Crippen LogP contribution in [0.15, 0.2) is 36.4 Å². The minimum absolute atomic E-state index is 0.00885. The van der Waals surface area contributed by atoms with Crippen LogP contribution in [-0.2, 0) is 35.4 Å². The van der Waals surface area contributed by atoms with Crippen LogP contribution in [-0.4, -0.2) is 41.8 Å². The van der Waals surface area contributed by atoms with E-state index in [-0.39, 0.29) is 24.7 Å². The Kier molecular flexibility index (Phi) is 5.11. The number of benzene rings is 2. The highest BCUT2D eigenvalue weighted by atomic mass is 19.1. The molecule has 30 heavy (non-hydrogen) atoms. The summed E-state index contributed by atoms with van der Waals surface area (Å²) in [6.07, 6.45) is 1.12. The van der Waals surface area contributed by atoms with Crippen LogP contribution in [0.2, 0.25) is 0 Å². The fourth-order valence-corrected chi connectivity index (χ4v) is 4.29. The van der Waals surface area contributed by atoms with Crippen molar-refractivity contribution in [3.05, 3.63) is 70.3 Å². The lowest BCUT2D eigenvalue weighted by molar-refractivity contribution is -0.659. The first-order valence-corrected chi connectivity index (χ1v) is 9.75. The number of quaternary nitrogens is 1. The standard InChI is InChI=1S/C22H21F2N3O3/c1-27-21(30)26-20(29)22(27)9-15-3-2-13(4-16(15)10-22)7-19(28)12-25-11-14-5-17(23)8-18(24)6-14/h2-6,8,25H,7,9-12H2,1H3,(H,26,29,30)/p+1/t22-/m0/s1. The van der Waals surface area contributed by atoms with E-state index in [9.17, 15) is 23.2 Å². The van der Waals surface area contributed by atoms with Crippen molar-refractivity contribution in [3.8, 4) is 0 Å². The van der Waals surface area contributed by atoms with Crippen molar-refractivity contribution in [1.29, 1.82) is 0 Å². The molecule has 1 atom stereocenters. The minimum Gasteiger partial charge on any atom is -0.336 e. The van der Waals surface area contributed by atoms with Crippen LogP contribution in [0.1, 0.15) is 22.3 Å². The summed E-state index contributed by atoms with van der Waals surface area (Å²) in [5.41, 5.74) is 2.42. The summed E-state index contributed by atoms with van der Waals surface area (Å²) < 4.78 is 26.4. The van der Waals surface area contributed by atoms with Gasteiger partial charge in [-0.1, -0.05) is 18.2 Å². The third-order valence-corrected chi connectivity index (χ3v) is 5.90. The zero-order chi connectivity index (χ0) is 21.5. The molecule has 2 aliphatic rings. The van der Waals surface area contributed by atoms with E-state index in [4.69, 9.17) is 0 Å². The predicted molar refractivity (Wildman–Crippen MR) is 103 cm³/mol. The van der Waals surface area contributed by atoms with Gasteiger partial charge in [0.15, 0.2) is 5.78 Å². The number of hydrogen-bond acceptors (Lipinski definition) is 3. The smallest absolute Gasteiger partial charge is 0.324 e. The molecule has 1 heterocycles. The van der Waals surface area contributed by atoms with Gasteiger partial charge in [0.05, 0.1) is 0 Å². The number of nitrogens with one attached hydrogen (secondary N) is 1. The monoisotopic (exact) mass is 414 g/mol. The third-order valence-electron chi connectivity index (χ3n) is 5.90. The van der Waals surface area contributed by atoms with Crippen molar-refractivity contribution >= 4 is 17.7 Å². The Labute approximate surface area is 172 Å². The van der Waals surface area contributed by atoms with Gasteiger partial charge >= 0.3 is 6.03 Å². The van der Waals surface area contributed by atoms with Gasteiger partial charge in [0.1, 0.15) is 30.3 Å². The molecule has 3 amide bonds. The van der Waals surface area contributed by atoms with Crippen molar-refractivity contribution < 1.29 is 28.5 Å². The van der Waals surface area contributed by atoms with Gasteiger partial charge in [-0.25, -0.2) is 13.6 Å². The minimum atomic E-state index is -0.879. The number of carbonyl (C=O) groups is 3. The number of likely N-dealkylation sites (N-methyl/N-ethyl adjacent to an activating group) is 1. The molecule has 1 saturated heterocycles. The number of ketones is 1. The number of halogens is 2. The Morgan fingerprint density at radius 3 is 2.43 bits per heavy atom. The predicted octanol–water partition coefficient (Wildman–Crippen LogP) is 0.859. The lowest BCUT2D eigenvalue weighted by atomic mass is 9.95. The molecule has 2 aromatic carbocycles. The summed E-state index contributed by atoms with van der Waals surface area (Å²) >= 11 is 0. The van der Waals surface area contributed by atoms with Crippen LogP contribution >= 0.6 is 0 Å². The van der Waals surface area contributed by atoms with Crippen LogP contribution < -0.4 is 10.6 Å². The second kappa shape index (κ2) is 7.60. The Hall–Kier alpha value is -3.13. The highest BCUT2D eigenvalue weighted by Crippen LogP contribution is 2.37. The van der Waals surface area contributed by atoms with E-state index in [1.807, 2.05) is 18.2 Å². The zero-order valence-electron chi connectivity index (χ0n) is 16.5. The van der Waals surface area contributed by atoms with Crippen molar-refractivity contribution in [2.75, 3.05) is 13.6 Å². The van der Waals surface area contributed by atoms with Gasteiger partial charge in [-0.3, -0.25) is 14.9 Å². The van der Waals surface area contributed by atoms with Gasteiger partial charge in [-0.05, 0) is 28.8 Å². The second-order valence-corrected chi connectivity index (χ2v) is 8.00. The van der Waals surface area contributed by atoms with Gasteiger partial charge in [0.25, 0.3) is 5.91 Å². The number of carbonyl (C=O) groups excluding carboxylic acids is 3. The maximum atomic E-state index is 13.2. The first-order chi connectivity index (χ1) is 14.3. The number of rotatable bonds is 6. The lowest BCUT2D eigenvalue weighted by Gasteiger charge is -2.27. The molecule has 1 fully saturated rings. The molecule has 0 radical (unpaired) electrons. The average molecular weight is 414 g/mol. The van der Waals surface area contributed by atoms with Crippen LogP contribution in [0.3, 0.4) is 0 Å². The van der Waals surface area contributed by atoms with E-state index in [1.165, 1.54) is 17.0 Å². The van der Waals surface area contributed by atoms with Gasteiger partial charge in [0.2, 0.25) is 0 Å². The molecule has 1 spiro atoms. The maximum Gasteiger partial charge on any atom is 0.324 e. The van der Waals surface area contributed by atoms with Gasteiger partial charge in [-0.15, -0.1) is 0 Å². The second-order valence-electron chi connectivity index (χ2n) is 8.00. The Balaban J connectivity index is 1.36. The SMILES string of the molecule is CN1C(=O)NC(=O)[C@@]12Cc1ccc(CC(=O)C[NH2+]Cc3cc(F)cc(F)c3)cc1C2. The van der Waals surface area contributed by atoms with Crippen molar-refractivity contribution in [1.82, 2.24) is 10.2 Å². The van der Waals surface area contributed by atoms with E-state index in [1.54, 1.807) is 12.4 Å². The van der Waals surface area contributed by atoms with Crippen LogP contribution in [0, 0.1) is 11.6 Å².